The monoisotopic (exact) mass is 404 g/mol. The molecule has 4 fully saturated rings. The van der Waals surface area contributed by atoms with Gasteiger partial charge in [0.2, 0.25) is 0 Å². The summed E-state index contributed by atoms with van der Waals surface area (Å²) < 4.78 is 4.85. The number of ether oxygens (including phenoxy) is 1. The maximum atomic E-state index is 13.4. The minimum atomic E-state index is -0.210. The highest BCUT2D eigenvalue weighted by Crippen LogP contribution is 2.67. The minimum Gasteiger partial charge on any atom is -0.469 e. The molecule has 29 heavy (non-hydrogen) atoms. The van der Waals surface area contributed by atoms with Crippen molar-refractivity contribution in [3.05, 3.63) is 0 Å². The molecular formula is C25H40O4. The first-order valence-corrected chi connectivity index (χ1v) is 12.0. The van der Waals surface area contributed by atoms with E-state index in [-0.39, 0.29) is 28.8 Å². The lowest BCUT2D eigenvalue weighted by Crippen LogP contribution is -2.57. The molecule has 4 aliphatic rings. The third kappa shape index (κ3) is 3.38. The van der Waals surface area contributed by atoms with Gasteiger partial charge in [-0.3, -0.25) is 9.59 Å². The quantitative estimate of drug-likeness (QED) is 0.685. The molecule has 0 bridgehead atoms. The number of ketones is 1. The van der Waals surface area contributed by atoms with Crippen molar-refractivity contribution in [1.82, 2.24) is 0 Å². The molecular weight excluding hydrogens is 364 g/mol. The summed E-state index contributed by atoms with van der Waals surface area (Å²) in [4.78, 5) is 25.0. The van der Waals surface area contributed by atoms with Crippen molar-refractivity contribution in [3.8, 4) is 0 Å². The van der Waals surface area contributed by atoms with E-state index < -0.39 is 0 Å². The average molecular weight is 405 g/mol. The van der Waals surface area contributed by atoms with Crippen LogP contribution < -0.4 is 0 Å². The van der Waals surface area contributed by atoms with Gasteiger partial charge in [-0.1, -0.05) is 20.8 Å². The van der Waals surface area contributed by atoms with Crippen LogP contribution in [0.5, 0.6) is 0 Å². The van der Waals surface area contributed by atoms with E-state index in [1.54, 1.807) is 0 Å². The smallest absolute Gasteiger partial charge is 0.305 e. The lowest BCUT2D eigenvalue weighted by Gasteiger charge is -2.60. The fourth-order valence-corrected chi connectivity index (χ4v) is 8.53. The number of methoxy groups -OCH3 is 1. The number of carbonyl (C=O) groups excluding carboxylic acids is 2. The highest BCUT2D eigenvalue weighted by atomic mass is 16.5. The Balaban J connectivity index is 1.53. The van der Waals surface area contributed by atoms with Gasteiger partial charge in [0.1, 0.15) is 5.78 Å². The maximum absolute atomic E-state index is 13.4. The summed E-state index contributed by atoms with van der Waals surface area (Å²) >= 11 is 0. The Hall–Kier alpha value is -0.900. The van der Waals surface area contributed by atoms with Crippen molar-refractivity contribution < 1.29 is 19.4 Å². The number of esters is 1. The van der Waals surface area contributed by atoms with Crippen LogP contribution in [0.2, 0.25) is 0 Å². The normalized spacial score (nSPS) is 47.7. The van der Waals surface area contributed by atoms with Crippen LogP contribution in [0.15, 0.2) is 0 Å². The summed E-state index contributed by atoms with van der Waals surface area (Å²) in [6.07, 6.45) is 9.40. The van der Waals surface area contributed by atoms with Gasteiger partial charge in [-0.05, 0) is 91.8 Å². The Morgan fingerprint density at radius 1 is 1.14 bits per heavy atom. The van der Waals surface area contributed by atoms with E-state index in [1.807, 2.05) is 0 Å². The first-order valence-electron chi connectivity index (χ1n) is 12.0. The number of Topliss-reactive ketones (excluding diaryl/α,β-unsaturated/α-hetero) is 1. The molecule has 4 nitrogen and oxygen atoms in total. The van der Waals surface area contributed by atoms with E-state index >= 15 is 0 Å². The molecule has 0 radical (unpaired) electrons. The van der Waals surface area contributed by atoms with Gasteiger partial charge in [0.15, 0.2) is 0 Å². The highest BCUT2D eigenvalue weighted by Gasteiger charge is 2.62. The van der Waals surface area contributed by atoms with E-state index in [4.69, 9.17) is 4.74 Å². The molecule has 0 aromatic carbocycles. The fraction of sp³-hybridized carbons (Fsp3) is 0.920. The summed E-state index contributed by atoms with van der Waals surface area (Å²) in [6.45, 7) is 7.18. The van der Waals surface area contributed by atoms with E-state index in [0.717, 1.165) is 32.1 Å². The Morgan fingerprint density at radius 2 is 1.83 bits per heavy atom. The van der Waals surface area contributed by atoms with Crippen molar-refractivity contribution in [2.75, 3.05) is 7.11 Å². The van der Waals surface area contributed by atoms with Crippen molar-refractivity contribution in [3.63, 3.8) is 0 Å². The number of hydrogen-bond acceptors (Lipinski definition) is 4. The van der Waals surface area contributed by atoms with Crippen LogP contribution in [-0.4, -0.2) is 30.1 Å². The van der Waals surface area contributed by atoms with E-state index in [2.05, 4.69) is 20.8 Å². The lowest BCUT2D eigenvalue weighted by molar-refractivity contribution is -0.160. The van der Waals surface area contributed by atoms with Gasteiger partial charge in [0.05, 0.1) is 13.2 Å². The second kappa shape index (κ2) is 7.66. The first-order chi connectivity index (χ1) is 13.7. The molecule has 4 rings (SSSR count). The van der Waals surface area contributed by atoms with Crippen LogP contribution in [0, 0.1) is 46.3 Å². The average Bonchev–Trinajstić information content (AvgIpc) is 3.04. The van der Waals surface area contributed by atoms with Crippen LogP contribution in [-0.2, 0) is 14.3 Å². The molecule has 4 heteroatoms. The Morgan fingerprint density at radius 3 is 2.55 bits per heavy atom. The first kappa shape index (κ1) is 21.3. The number of hydrogen-bond donors (Lipinski definition) is 1. The summed E-state index contributed by atoms with van der Waals surface area (Å²) in [5.41, 5.74) is 0.456. The predicted octanol–water partition coefficient (Wildman–Crippen LogP) is 4.77. The number of fused-ring (bicyclic) bond motifs is 5. The van der Waals surface area contributed by atoms with E-state index in [0.29, 0.717) is 48.2 Å². The van der Waals surface area contributed by atoms with E-state index in [1.165, 1.54) is 26.4 Å². The number of aliphatic hydroxyl groups is 1. The Bertz CT molecular complexity index is 659. The minimum absolute atomic E-state index is 0.110. The zero-order valence-corrected chi connectivity index (χ0v) is 18.8. The molecule has 0 amide bonds. The van der Waals surface area contributed by atoms with Crippen LogP contribution in [0.3, 0.4) is 0 Å². The highest BCUT2D eigenvalue weighted by molar-refractivity contribution is 5.83. The molecule has 0 spiro atoms. The van der Waals surface area contributed by atoms with Crippen molar-refractivity contribution in [2.24, 2.45) is 46.3 Å². The molecule has 0 aliphatic heterocycles. The third-order valence-electron chi connectivity index (χ3n) is 10.2. The van der Waals surface area contributed by atoms with E-state index in [9.17, 15) is 14.7 Å². The lowest BCUT2D eigenvalue weighted by atomic mass is 9.44. The van der Waals surface area contributed by atoms with Gasteiger partial charge in [0, 0.05) is 18.8 Å². The van der Waals surface area contributed by atoms with Crippen molar-refractivity contribution in [1.29, 1.82) is 0 Å². The summed E-state index contributed by atoms with van der Waals surface area (Å²) in [6, 6.07) is 0. The standard InChI is InChI=1S/C25H40O4/c1-15(5-8-22(28)29-4)18-6-7-19-23-20(10-12-25(18,19)3)24(2)11-9-17(26)13-16(24)14-21(23)27/h15-20,23,26H,5-14H2,1-4H3/t15-,16?,17-,18-,19+,20+,23?,24?,25?/m1/s1. The van der Waals surface area contributed by atoms with Gasteiger partial charge < -0.3 is 9.84 Å². The molecule has 1 N–H and O–H groups in total. The van der Waals surface area contributed by atoms with Gasteiger partial charge >= 0.3 is 5.97 Å². The zero-order valence-electron chi connectivity index (χ0n) is 18.8. The zero-order chi connectivity index (χ0) is 21.0. The summed E-state index contributed by atoms with van der Waals surface area (Å²) in [5.74, 6) is 3.08. The van der Waals surface area contributed by atoms with Gasteiger partial charge in [-0.15, -0.1) is 0 Å². The van der Waals surface area contributed by atoms with Crippen molar-refractivity contribution >= 4 is 11.8 Å². The number of aliphatic hydroxyl groups excluding tert-OH is 1. The predicted molar refractivity (Wildman–Crippen MR) is 112 cm³/mol. The molecule has 4 saturated carbocycles. The second-order valence-corrected chi connectivity index (χ2v) is 11.4. The fourth-order valence-electron chi connectivity index (χ4n) is 8.53. The maximum Gasteiger partial charge on any atom is 0.305 e. The van der Waals surface area contributed by atoms with Crippen LogP contribution in [0.1, 0.15) is 85.0 Å². The molecule has 9 atom stereocenters. The molecule has 0 aromatic heterocycles. The largest absolute Gasteiger partial charge is 0.469 e. The molecule has 0 aromatic rings. The molecule has 0 heterocycles. The second-order valence-electron chi connectivity index (χ2n) is 11.4. The van der Waals surface area contributed by atoms with Gasteiger partial charge in [0.25, 0.3) is 0 Å². The van der Waals surface area contributed by atoms with Crippen molar-refractivity contribution in [2.45, 2.75) is 91.1 Å². The van der Waals surface area contributed by atoms with Gasteiger partial charge in [-0.25, -0.2) is 0 Å². The molecule has 0 saturated heterocycles. The van der Waals surface area contributed by atoms with Crippen LogP contribution in [0.4, 0.5) is 0 Å². The van der Waals surface area contributed by atoms with Crippen LogP contribution >= 0.6 is 0 Å². The summed E-state index contributed by atoms with van der Waals surface area (Å²) in [5, 5.41) is 10.2. The van der Waals surface area contributed by atoms with Crippen LogP contribution in [0.25, 0.3) is 0 Å². The number of carbonyl (C=O) groups is 2. The molecule has 4 unspecified atom stereocenters. The number of rotatable bonds is 4. The third-order valence-corrected chi connectivity index (χ3v) is 10.2. The topological polar surface area (TPSA) is 63.6 Å². The molecule has 164 valence electrons. The SMILES string of the molecule is COC(=O)CC[C@@H](C)[C@H]1CC[C@H]2C3C(=O)CC4C[C@H](O)CCC4(C)[C@H]3CCC12C. The Kier molecular flexibility index (Phi) is 5.63. The summed E-state index contributed by atoms with van der Waals surface area (Å²) in [7, 11) is 1.47. The molecule has 4 aliphatic carbocycles. The Labute approximate surface area is 176 Å². The van der Waals surface area contributed by atoms with Gasteiger partial charge in [-0.2, -0.15) is 0 Å².